The van der Waals surface area contributed by atoms with E-state index in [-0.39, 0.29) is 5.28 Å². The molecule has 1 heterocycles. The Balaban J connectivity index is 2.19. The predicted octanol–water partition coefficient (Wildman–Crippen LogP) is 4.75. The Morgan fingerprint density at radius 3 is 2.43 bits per heavy atom. The quantitative estimate of drug-likeness (QED) is 0.653. The van der Waals surface area contributed by atoms with Crippen LogP contribution in [0.1, 0.15) is 12.5 Å². The smallest absolute Gasteiger partial charge is 0.224 e. The second-order valence-electron chi connectivity index (χ2n) is 4.91. The summed E-state index contributed by atoms with van der Waals surface area (Å²) in [6, 6.07) is 16.3. The predicted molar refractivity (Wildman–Crippen MR) is 88.4 cm³/mol. The third-order valence-electron chi connectivity index (χ3n) is 3.47. The Bertz CT molecular complexity index is 769. The van der Waals surface area contributed by atoms with Gasteiger partial charge in [-0.2, -0.15) is 4.98 Å². The second-order valence-corrected chi connectivity index (χ2v) is 5.25. The first kappa shape index (κ1) is 13.8. The minimum Gasteiger partial charge on any atom is -0.326 e. The van der Waals surface area contributed by atoms with Crippen LogP contribution in [0.2, 0.25) is 5.28 Å². The van der Waals surface area contributed by atoms with Crippen molar-refractivity contribution in [2.45, 2.75) is 13.8 Å². The van der Waals surface area contributed by atoms with E-state index >= 15 is 0 Å². The van der Waals surface area contributed by atoms with Crippen LogP contribution >= 0.6 is 11.6 Å². The highest BCUT2D eigenvalue weighted by molar-refractivity contribution is 6.28. The molecule has 0 radical (unpaired) electrons. The van der Waals surface area contributed by atoms with E-state index in [1.165, 1.54) is 5.56 Å². The third-order valence-corrected chi connectivity index (χ3v) is 3.64. The molecule has 3 aromatic rings. The lowest BCUT2D eigenvalue weighted by Crippen LogP contribution is -2.18. The van der Waals surface area contributed by atoms with Gasteiger partial charge in [-0.05, 0) is 49.7 Å². The van der Waals surface area contributed by atoms with Crippen molar-refractivity contribution in [2.24, 2.45) is 0 Å². The molecule has 106 valence electrons. The van der Waals surface area contributed by atoms with E-state index in [2.05, 4.69) is 53.0 Å². The summed E-state index contributed by atoms with van der Waals surface area (Å²) in [5, 5.41) is 1.28. The molecule has 0 aliphatic carbocycles. The van der Waals surface area contributed by atoms with Gasteiger partial charge < -0.3 is 4.90 Å². The van der Waals surface area contributed by atoms with Gasteiger partial charge in [0.25, 0.3) is 0 Å². The molecule has 3 rings (SSSR count). The van der Waals surface area contributed by atoms with Crippen molar-refractivity contribution in [1.82, 2.24) is 9.97 Å². The normalized spacial score (nSPS) is 10.8. The Labute approximate surface area is 129 Å². The topological polar surface area (TPSA) is 29.0 Å². The molecule has 0 bridgehead atoms. The first-order valence-corrected chi connectivity index (χ1v) is 7.33. The number of fused-ring (bicyclic) bond motifs is 1. The minimum atomic E-state index is 0.272. The fourth-order valence-corrected chi connectivity index (χ4v) is 2.59. The molecule has 0 saturated carbocycles. The lowest BCUT2D eigenvalue weighted by molar-refractivity contribution is 0.989. The van der Waals surface area contributed by atoms with Crippen molar-refractivity contribution in [1.29, 1.82) is 0 Å². The number of hydrogen-bond donors (Lipinski definition) is 0. The Kier molecular flexibility index (Phi) is 3.76. The van der Waals surface area contributed by atoms with Gasteiger partial charge in [0.2, 0.25) is 5.28 Å². The number of nitrogens with zero attached hydrogens (tertiary/aromatic N) is 3. The van der Waals surface area contributed by atoms with Crippen LogP contribution < -0.4 is 4.90 Å². The van der Waals surface area contributed by atoms with Gasteiger partial charge in [0.15, 0.2) is 0 Å². The summed E-state index contributed by atoms with van der Waals surface area (Å²) < 4.78 is 0. The average Bonchev–Trinajstić information content (AvgIpc) is 2.49. The SMILES string of the molecule is CCN(c1ccc(C)cc1)c1nc(Cl)nc2ccccc12. The zero-order valence-electron chi connectivity index (χ0n) is 12.0. The highest BCUT2D eigenvalue weighted by Crippen LogP contribution is 2.30. The monoisotopic (exact) mass is 297 g/mol. The zero-order valence-corrected chi connectivity index (χ0v) is 12.8. The van der Waals surface area contributed by atoms with Crippen molar-refractivity contribution in [2.75, 3.05) is 11.4 Å². The molecule has 3 nitrogen and oxygen atoms in total. The molecular formula is C17H16ClN3. The van der Waals surface area contributed by atoms with Crippen LogP contribution in [-0.2, 0) is 0 Å². The third kappa shape index (κ3) is 2.69. The Morgan fingerprint density at radius 2 is 1.71 bits per heavy atom. The maximum atomic E-state index is 6.09. The molecule has 21 heavy (non-hydrogen) atoms. The summed E-state index contributed by atoms with van der Waals surface area (Å²) in [4.78, 5) is 10.9. The summed E-state index contributed by atoms with van der Waals surface area (Å²) in [5.74, 6) is 0.844. The fraction of sp³-hybridized carbons (Fsp3) is 0.176. The number of para-hydroxylation sites is 1. The van der Waals surface area contributed by atoms with E-state index in [4.69, 9.17) is 11.6 Å². The van der Waals surface area contributed by atoms with Crippen LogP contribution in [0.15, 0.2) is 48.5 Å². The highest BCUT2D eigenvalue weighted by Gasteiger charge is 2.14. The molecule has 0 unspecified atom stereocenters. The number of hydrogen-bond acceptors (Lipinski definition) is 3. The number of anilines is 2. The lowest BCUT2D eigenvalue weighted by atomic mass is 10.2. The van der Waals surface area contributed by atoms with Gasteiger partial charge in [-0.25, -0.2) is 4.98 Å². The molecule has 0 amide bonds. The average molecular weight is 298 g/mol. The number of halogens is 1. The van der Waals surface area contributed by atoms with Crippen molar-refractivity contribution >= 4 is 34.0 Å². The maximum Gasteiger partial charge on any atom is 0.224 e. The largest absolute Gasteiger partial charge is 0.326 e. The van der Waals surface area contributed by atoms with Gasteiger partial charge >= 0.3 is 0 Å². The molecule has 1 aromatic heterocycles. The standard InChI is InChI=1S/C17H16ClN3/c1-3-21(13-10-8-12(2)9-11-13)16-14-6-4-5-7-15(14)19-17(18)20-16/h4-11H,3H2,1-2H3. The number of benzene rings is 2. The highest BCUT2D eigenvalue weighted by atomic mass is 35.5. The van der Waals surface area contributed by atoms with E-state index in [0.29, 0.717) is 0 Å². The summed E-state index contributed by atoms with van der Waals surface area (Å²) in [6.07, 6.45) is 0. The van der Waals surface area contributed by atoms with Gasteiger partial charge in [-0.1, -0.05) is 29.8 Å². The Morgan fingerprint density at radius 1 is 1.00 bits per heavy atom. The van der Waals surface area contributed by atoms with Crippen LogP contribution in [0, 0.1) is 6.92 Å². The molecule has 0 aliphatic heterocycles. The molecule has 0 atom stereocenters. The van der Waals surface area contributed by atoms with Gasteiger partial charge in [0.05, 0.1) is 5.52 Å². The van der Waals surface area contributed by atoms with Crippen LogP contribution in [0.25, 0.3) is 10.9 Å². The maximum absolute atomic E-state index is 6.09. The molecule has 0 aliphatic rings. The van der Waals surface area contributed by atoms with E-state index in [0.717, 1.165) is 29.0 Å². The molecular weight excluding hydrogens is 282 g/mol. The van der Waals surface area contributed by atoms with Crippen LogP contribution in [0.5, 0.6) is 0 Å². The first-order chi connectivity index (χ1) is 10.2. The van der Waals surface area contributed by atoms with Crippen LogP contribution in [-0.4, -0.2) is 16.5 Å². The number of aromatic nitrogens is 2. The van der Waals surface area contributed by atoms with E-state index in [1.807, 2.05) is 24.3 Å². The summed E-state index contributed by atoms with van der Waals surface area (Å²) in [6.45, 7) is 4.99. The number of aryl methyl sites for hydroxylation is 1. The molecule has 0 spiro atoms. The van der Waals surface area contributed by atoms with E-state index < -0.39 is 0 Å². The van der Waals surface area contributed by atoms with Crippen LogP contribution in [0.3, 0.4) is 0 Å². The molecule has 0 N–H and O–H groups in total. The lowest BCUT2D eigenvalue weighted by Gasteiger charge is -2.23. The molecule has 0 fully saturated rings. The second kappa shape index (κ2) is 5.70. The summed E-state index contributed by atoms with van der Waals surface area (Å²) >= 11 is 6.09. The van der Waals surface area contributed by atoms with Gasteiger partial charge in [0, 0.05) is 17.6 Å². The Hall–Kier alpha value is -2.13. The zero-order chi connectivity index (χ0) is 14.8. The molecule has 2 aromatic carbocycles. The van der Waals surface area contributed by atoms with Crippen LogP contribution in [0.4, 0.5) is 11.5 Å². The van der Waals surface area contributed by atoms with Gasteiger partial charge in [0.1, 0.15) is 5.82 Å². The first-order valence-electron chi connectivity index (χ1n) is 6.95. The molecule has 0 saturated heterocycles. The summed E-state index contributed by atoms with van der Waals surface area (Å²) in [7, 11) is 0. The van der Waals surface area contributed by atoms with E-state index in [9.17, 15) is 0 Å². The van der Waals surface area contributed by atoms with Gasteiger partial charge in [-0.3, -0.25) is 0 Å². The van der Waals surface area contributed by atoms with Gasteiger partial charge in [-0.15, -0.1) is 0 Å². The fourth-order valence-electron chi connectivity index (χ4n) is 2.42. The van der Waals surface area contributed by atoms with Crippen molar-refractivity contribution in [3.05, 3.63) is 59.4 Å². The van der Waals surface area contributed by atoms with Crippen molar-refractivity contribution < 1.29 is 0 Å². The number of rotatable bonds is 3. The van der Waals surface area contributed by atoms with Crippen molar-refractivity contribution in [3.8, 4) is 0 Å². The van der Waals surface area contributed by atoms with Crippen molar-refractivity contribution in [3.63, 3.8) is 0 Å². The minimum absolute atomic E-state index is 0.272. The van der Waals surface area contributed by atoms with E-state index in [1.54, 1.807) is 0 Å². The molecule has 4 heteroatoms. The summed E-state index contributed by atoms with van der Waals surface area (Å²) in [5.41, 5.74) is 3.20.